The van der Waals surface area contributed by atoms with Gasteiger partial charge < -0.3 is 19.7 Å². The molecule has 1 aromatic carbocycles. The number of ether oxygens (including phenoxy) is 2. The maximum absolute atomic E-state index is 12.7. The molecule has 0 saturated carbocycles. The molecule has 0 aliphatic carbocycles. The monoisotopic (exact) mass is 366 g/mol. The van der Waals surface area contributed by atoms with Gasteiger partial charge in [0.1, 0.15) is 0 Å². The van der Waals surface area contributed by atoms with Crippen LogP contribution in [0.25, 0.3) is 0 Å². The van der Waals surface area contributed by atoms with Gasteiger partial charge in [0, 0.05) is 43.3 Å². The minimum atomic E-state index is -0.123. The number of hydrogen-bond acceptors (Lipinski definition) is 3. The van der Waals surface area contributed by atoms with E-state index in [4.69, 9.17) is 21.1 Å². The van der Waals surface area contributed by atoms with E-state index in [1.165, 1.54) is 5.56 Å². The first kappa shape index (κ1) is 18.5. The van der Waals surface area contributed by atoms with Gasteiger partial charge in [-0.15, -0.1) is 0 Å². The average Bonchev–Trinajstić information content (AvgIpc) is 2.59. The van der Waals surface area contributed by atoms with Crippen molar-refractivity contribution >= 4 is 17.6 Å². The summed E-state index contributed by atoms with van der Waals surface area (Å²) in [6.45, 7) is 7.26. The third-order valence-electron chi connectivity index (χ3n) is 5.17. The van der Waals surface area contributed by atoms with E-state index < -0.39 is 0 Å². The minimum Gasteiger partial charge on any atom is -0.381 e. The van der Waals surface area contributed by atoms with Crippen LogP contribution in [0.2, 0.25) is 5.02 Å². The molecule has 25 heavy (non-hydrogen) atoms. The molecule has 2 aliphatic rings. The molecule has 0 unspecified atom stereocenters. The zero-order chi connectivity index (χ0) is 17.9. The van der Waals surface area contributed by atoms with E-state index in [-0.39, 0.29) is 23.7 Å². The molecular formula is C19H27ClN2O3. The summed E-state index contributed by atoms with van der Waals surface area (Å²) < 4.78 is 11.3. The van der Waals surface area contributed by atoms with Crippen LogP contribution < -0.4 is 5.32 Å². The summed E-state index contributed by atoms with van der Waals surface area (Å²) in [4.78, 5) is 14.5. The van der Waals surface area contributed by atoms with Crippen LogP contribution in [0, 0.1) is 0 Å². The zero-order valence-corrected chi connectivity index (χ0v) is 15.7. The number of urea groups is 1. The fourth-order valence-electron chi connectivity index (χ4n) is 3.85. The summed E-state index contributed by atoms with van der Waals surface area (Å²) in [7, 11) is 0. The van der Waals surface area contributed by atoms with Gasteiger partial charge in [-0.3, -0.25) is 0 Å². The highest BCUT2D eigenvalue weighted by Crippen LogP contribution is 2.35. The Hall–Kier alpha value is -1.30. The van der Waals surface area contributed by atoms with Crippen molar-refractivity contribution in [3.63, 3.8) is 0 Å². The second kappa shape index (κ2) is 7.94. The minimum absolute atomic E-state index is 0.0186. The van der Waals surface area contributed by atoms with Crippen LogP contribution in [-0.2, 0) is 14.9 Å². The lowest BCUT2D eigenvalue weighted by atomic mass is 9.74. The third-order valence-corrected chi connectivity index (χ3v) is 5.41. The number of nitrogens with one attached hydrogen (secondary N) is 1. The smallest absolute Gasteiger partial charge is 0.317 e. The molecule has 5 nitrogen and oxygen atoms in total. The van der Waals surface area contributed by atoms with E-state index in [2.05, 4.69) is 11.4 Å². The van der Waals surface area contributed by atoms with Crippen LogP contribution in [0.1, 0.15) is 32.3 Å². The second-order valence-electron chi connectivity index (χ2n) is 7.22. The molecular weight excluding hydrogens is 340 g/mol. The van der Waals surface area contributed by atoms with E-state index in [1.807, 2.05) is 36.9 Å². The number of nitrogens with zero attached hydrogens (tertiary/aromatic N) is 1. The molecule has 2 aliphatic heterocycles. The highest BCUT2D eigenvalue weighted by Gasteiger charge is 2.36. The van der Waals surface area contributed by atoms with E-state index >= 15 is 0 Å². The number of rotatable bonds is 3. The van der Waals surface area contributed by atoms with E-state index in [1.54, 1.807) is 0 Å². The Morgan fingerprint density at radius 2 is 1.96 bits per heavy atom. The van der Waals surface area contributed by atoms with Crippen LogP contribution in [-0.4, -0.2) is 56.0 Å². The molecule has 2 heterocycles. The van der Waals surface area contributed by atoms with Crippen molar-refractivity contribution in [3.8, 4) is 0 Å². The van der Waals surface area contributed by atoms with Crippen LogP contribution >= 0.6 is 11.6 Å². The normalized spacial score (nSPS) is 26.3. The largest absolute Gasteiger partial charge is 0.381 e. The van der Waals surface area contributed by atoms with Gasteiger partial charge in [0.05, 0.1) is 12.2 Å². The molecule has 2 fully saturated rings. The number of carbonyl (C=O) groups excluding carboxylic acids is 1. The molecule has 2 saturated heterocycles. The van der Waals surface area contributed by atoms with E-state index in [9.17, 15) is 4.79 Å². The summed E-state index contributed by atoms with van der Waals surface area (Å²) in [6.07, 6.45) is 1.89. The lowest BCUT2D eigenvalue weighted by Crippen LogP contribution is -2.54. The van der Waals surface area contributed by atoms with Crippen LogP contribution in [0.15, 0.2) is 24.3 Å². The van der Waals surface area contributed by atoms with Gasteiger partial charge in [0.15, 0.2) is 0 Å². The van der Waals surface area contributed by atoms with Crippen molar-refractivity contribution in [2.75, 3.05) is 32.8 Å². The van der Waals surface area contributed by atoms with E-state index in [0.29, 0.717) is 32.8 Å². The molecule has 0 aromatic heterocycles. The van der Waals surface area contributed by atoms with Gasteiger partial charge in [-0.1, -0.05) is 23.7 Å². The summed E-state index contributed by atoms with van der Waals surface area (Å²) >= 11 is 6.20. The predicted molar refractivity (Wildman–Crippen MR) is 98.2 cm³/mol. The lowest BCUT2D eigenvalue weighted by Gasteiger charge is -2.40. The molecule has 1 N–H and O–H groups in total. The molecule has 6 heteroatoms. The number of halogens is 1. The summed E-state index contributed by atoms with van der Waals surface area (Å²) in [5, 5.41) is 3.88. The van der Waals surface area contributed by atoms with Crippen molar-refractivity contribution in [3.05, 3.63) is 34.9 Å². The van der Waals surface area contributed by atoms with Gasteiger partial charge in [0.2, 0.25) is 0 Å². The van der Waals surface area contributed by atoms with Crippen LogP contribution in [0.5, 0.6) is 0 Å². The van der Waals surface area contributed by atoms with Gasteiger partial charge in [0.25, 0.3) is 0 Å². The molecule has 1 aromatic rings. The van der Waals surface area contributed by atoms with Gasteiger partial charge in [-0.05, 0) is 44.4 Å². The topological polar surface area (TPSA) is 50.8 Å². The first-order valence-electron chi connectivity index (χ1n) is 9.00. The summed E-state index contributed by atoms with van der Waals surface area (Å²) in [5.41, 5.74) is 1.05. The molecule has 0 bridgehead atoms. The lowest BCUT2D eigenvalue weighted by molar-refractivity contribution is -0.0547. The highest BCUT2D eigenvalue weighted by atomic mass is 35.5. The van der Waals surface area contributed by atoms with Gasteiger partial charge in [-0.25, -0.2) is 4.79 Å². The van der Waals surface area contributed by atoms with Crippen molar-refractivity contribution in [2.45, 2.75) is 44.3 Å². The van der Waals surface area contributed by atoms with Crippen LogP contribution in [0.3, 0.4) is 0 Å². The van der Waals surface area contributed by atoms with Gasteiger partial charge in [-0.2, -0.15) is 0 Å². The number of morpholine rings is 1. The number of benzene rings is 1. The Morgan fingerprint density at radius 1 is 1.28 bits per heavy atom. The second-order valence-corrected chi connectivity index (χ2v) is 7.66. The quantitative estimate of drug-likeness (QED) is 0.893. The van der Waals surface area contributed by atoms with Crippen molar-refractivity contribution in [1.82, 2.24) is 10.2 Å². The van der Waals surface area contributed by atoms with Crippen LogP contribution in [0.4, 0.5) is 4.79 Å². The Balaban J connectivity index is 1.70. The summed E-state index contributed by atoms with van der Waals surface area (Å²) in [6, 6.07) is 7.95. The molecule has 138 valence electrons. The number of carbonyl (C=O) groups is 1. The fourth-order valence-corrected chi connectivity index (χ4v) is 4.04. The Kier molecular flexibility index (Phi) is 5.87. The first-order chi connectivity index (χ1) is 12.0. The SMILES string of the molecule is C[C@@H]1CN(C(=O)NCC2(c3cccc(Cl)c3)CCOCC2)C[C@H](C)O1. The third kappa shape index (κ3) is 4.46. The molecule has 3 rings (SSSR count). The number of amides is 2. The molecule has 2 atom stereocenters. The van der Waals surface area contributed by atoms with Crippen molar-refractivity contribution < 1.29 is 14.3 Å². The molecule has 2 amide bonds. The standard InChI is InChI=1S/C19H27ClN2O3/c1-14-11-22(12-15(2)25-14)18(23)21-13-19(6-8-24-9-7-19)16-4-3-5-17(20)10-16/h3-5,10,14-15H,6-9,11-13H2,1-2H3,(H,21,23)/t14-,15+. The fraction of sp³-hybridized carbons (Fsp3) is 0.632. The van der Waals surface area contributed by atoms with Crippen molar-refractivity contribution in [1.29, 1.82) is 0 Å². The molecule has 0 spiro atoms. The van der Waals surface area contributed by atoms with E-state index in [0.717, 1.165) is 17.9 Å². The maximum Gasteiger partial charge on any atom is 0.317 e. The first-order valence-corrected chi connectivity index (χ1v) is 9.38. The maximum atomic E-state index is 12.7. The predicted octanol–water partition coefficient (Wildman–Crippen LogP) is 3.21. The highest BCUT2D eigenvalue weighted by molar-refractivity contribution is 6.30. The molecule has 0 radical (unpaired) electrons. The zero-order valence-electron chi connectivity index (χ0n) is 15.0. The Labute approximate surface area is 154 Å². The average molecular weight is 367 g/mol. The van der Waals surface area contributed by atoms with Crippen molar-refractivity contribution in [2.24, 2.45) is 0 Å². The number of hydrogen-bond donors (Lipinski definition) is 1. The Bertz CT molecular complexity index is 594. The summed E-state index contributed by atoms with van der Waals surface area (Å²) in [5.74, 6) is 0. The Morgan fingerprint density at radius 3 is 2.60 bits per heavy atom. The van der Waals surface area contributed by atoms with Gasteiger partial charge >= 0.3 is 6.03 Å².